The van der Waals surface area contributed by atoms with Crippen LogP contribution in [0.3, 0.4) is 0 Å². The molecule has 1 aliphatic rings. The van der Waals surface area contributed by atoms with E-state index in [-0.39, 0.29) is 11.5 Å². The molecule has 0 bridgehead atoms. The Labute approximate surface area is 199 Å². The first-order valence-corrected chi connectivity index (χ1v) is 12.8. The molecule has 1 aromatic carbocycles. The van der Waals surface area contributed by atoms with Crippen LogP contribution in [0.5, 0.6) is 0 Å². The average molecular weight is 452 g/mol. The summed E-state index contributed by atoms with van der Waals surface area (Å²) < 4.78 is 1.61. The highest BCUT2D eigenvalue weighted by molar-refractivity contribution is 6.01. The number of aromatic nitrogens is 1. The minimum atomic E-state index is 0.0201. The van der Waals surface area contributed by atoms with Gasteiger partial charge in [-0.05, 0) is 25.5 Å². The van der Waals surface area contributed by atoms with Crippen LogP contribution in [-0.2, 0) is 13.5 Å². The number of benzene rings is 1. The Hall–Kier alpha value is -2.40. The zero-order valence-corrected chi connectivity index (χ0v) is 20.8. The van der Waals surface area contributed by atoms with Crippen LogP contribution in [0.4, 0.5) is 0 Å². The van der Waals surface area contributed by atoms with Gasteiger partial charge in [0.2, 0.25) is 0 Å². The summed E-state index contributed by atoms with van der Waals surface area (Å²) in [5.41, 5.74) is 3.26. The number of amides is 1. The second-order valence-corrected chi connectivity index (χ2v) is 9.50. The fourth-order valence-electron chi connectivity index (χ4n) is 4.74. The molecule has 1 saturated heterocycles. The van der Waals surface area contributed by atoms with Gasteiger partial charge in [0.1, 0.15) is 0 Å². The molecule has 1 amide bonds. The Morgan fingerprint density at radius 2 is 1.45 bits per heavy atom. The van der Waals surface area contributed by atoms with Crippen molar-refractivity contribution >= 4 is 5.91 Å². The molecule has 1 fully saturated rings. The first-order chi connectivity index (χ1) is 16.0. The van der Waals surface area contributed by atoms with Crippen molar-refractivity contribution in [2.45, 2.75) is 64.7 Å². The number of aryl methyl sites for hydroxylation is 1. The number of hydrogen-bond acceptors (Lipinski definition) is 3. The van der Waals surface area contributed by atoms with E-state index in [0.29, 0.717) is 5.56 Å². The predicted octanol–water partition coefficient (Wildman–Crippen LogP) is 5.12. The van der Waals surface area contributed by atoms with Crippen molar-refractivity contribution in [3.8, 4) is 11.1 Å². The van der Waals surface area contributed by atoms with Gasteiger partial charge in [-0.25, -0.2) is 0 Å². The van der Waals surface area contributed by atoms with Gasteiger partial charge in [0, 0.05) is 50.6 Å². The lowest BCUT2D eigenvalue weighted by molar-refractivity contribution is 0.0664. The summed E-state index contributed by atoms with van der Waals surface area (Å²) in [6, 6.07) is 9.98. The number of pyridine rings is 1. The van der Waals surface area contributed by atoms with Crippen LogP contribution in [-0.4, -0.2) is 53.5 Å². The van der Waals surface area contributed by atoms with Gasteiger partial charge >= 0.3 is 0 Å². The number of unbranched alkanes of at least 4 members (excludes halogenated alkanes) is 7. The first-order valence-electron chi connectivity index (χ1n) is 12.8. The molecule has 3 rings (SSSR count). The van der Waals surface area contributed by atoms with E-state index >= 15 is 0 Å². The molecule has 5 heteroatoms. The van der Waals surface area contributed by atoms with Crippen molar-refractivity contribution in [2.75, 3.05) is 33.2 Å². The van der Waals surface area contributed by atoms with Crippen LogP contribution in [0.2, 0.25) is 0 Å². The molecule has 0 spiro atoms. The van der Waals surface area contributed by atoms with E-state index in [1.165, 1.54) is 38.5 Å². The van der Waals surface area contributed by atoms with Crippen LogP contribution < -0.4 is 5.56 Å². The third kappa shape index (κ3) is 6.80. The van der Waals surface area contributed by atoms with Gasteiger partial charge in [0.25, 0.3) is 11.5 Å². The van der Waals surface area contributed by atoms with Crippen molar-refractivity contribution in [3.63, 3.8) is 0 Å². The molecule has 33 heavy (non-hydrogen) atoms. The van der Waals surface area contributed by atoms with Gasteiger partial charge in [-0.1, -0.05) is 82.2 Å². The maximum Gasteiger partial charge on any atom is 0.256 e. The smallest absolute Gasteiger partial charge is 0.256 e. The number of nitrogens with zero attached hydrogens (tertiary/aromatic N) is 3. The predicted molar refractivity (Wildman–Crippen MR) is 137 cm³/mol. The van der Waals surface area contributed by atoms with E-state index in [1.54, 1.807) is 17.8 Å². The maximum absolute atomic E-state index is 13.6. The van der Waals surface area contributed by atoms with E-state index in [9.17, 15) is 9.59 Å². The van der Waals surface area contributed by atoms with Gasteiger partial charge in [-0.15, -0.1) is 0 Å². The van der Waals surface area contributed by atoms with Crippen molar-refractivity contribution in [1.82, 2.24) is 14.4 Å². The van der Waals surface area contributed by atoms with Crippen LogP contribution in [0.15, 0.2) is 41.3 Å². The molecule has 0 aliphatic carbocycles. The van der Waals surface area contributed by atoms with Crippen LogP contribution >= 0.6 is 0 Å². The lowest BCUT2D eigenvalue weighted by Gasteiger charge is -2.33. The van der Waals surface area contributed by atoms with Gasteiger partial charge in [-0.3, -0.25) is 9.59 Å². The van der Waals surface area contributed by atoms with Gasteiger partial charge in [-0.2, -0.15) is 0 Å². The van der Waals surface area contributed by atoms with Crippen LogP contribution in [0.25, 0.3) is 11.1 Å². The maximum atomic E-state index is 13.6. The SMILES string of the molecule is CCCCCCCCCCc1c(-c2ccccc2)c(C(=O)N2CCN(C)CC2)cn(C)c1=O. The fraction of sp³-hybridized carbons (Fsp3) is 0.571. The Balaban J connectivity index is 1.84. The largest absolute Gasteiger partial charge is 0.336 e. The van der Waals surface area contributed by atoms with Crippen molar-refractivity contribution in [3.05, 3.63) is 58.0 Å². The van der Waals surface area contributed by atoms with Gasteiger partial charge in [0.05, 0.1) is 5.56 Å². The third-order valence-corrected chi connectivity index (χ3v) is 6.84. The van der Waals surface area contributed by atoms with E-state index in [0.717, 1.165) is 62.1 Å². The van der Waals surface area contributed by atoms with Crippen molar-refractivity contribution in [1.29, 1.82) is 0 Å². The molecule has 1 aromatic heterocycles. The summed E-state index contributed by atoms with van der Waals surface area (Å²) in [5, 5.41) is 0. The standard InChI is InChI=1S/C28H41N3O2/c1-4-5-6-7-8-9-10-14-17-24-26(23-15-12-11-13-16-23)25(22-30(3)27(24)32)28(33)31-20-18-29(2)19-21-31/h11-13,15-16,22H,4-10,14,17-21H2,1-3H3. The Morgan fingerprint density at radius 3 is 2.09 bits per heavy atom. The molecule has 0 saturated carbocycles. The zero-order chi connectivity index (χ0) is 23.6. The molecular formula is C28H41N3O2. The number of rotatable bonds is 11. The summed E-state index contributed by atoms with van der Waals surface area (Å²) in [5.74, 6) is 0.0368. The second-order valence-electron chi connectivity index (χ2n) is 9.50. The average Bonchev–Trinajstić information content (AvgIpc) is 2.83. The minimum Gasteiger partial charge on any atom is -0.336 e. The number of piperazine rings is 1. The Bertz CT molecular complexity index is 944. The highest BCUT2D eigenvalue weighted by atomic mass is 16.2. The molecule has 5 nitrogen and oxygen atoms in total. The third-order valence-electron chi connectivity index (χ3n) is 6.84. The van der Waals surface area contributed by atoms with E-state index in [1.807, 2.05) is 35.2 Å². The minimum absolute atomic E-state index is 0.0201. The lowest BCUT2D eigenvalue weighted by Crippen LogP contribution is -2.47. The Kier molecular flexibility index (Phi) is 9.74. The topological polar surface area (TPSA) is 45.6 Å². The van der Waals surface area contributed by atoms with E-state index in [2.05, 4.69) is 18.9 Å². The Morgan fingerprint density at radius 1 is 0.848 bits per heavy atom. The fourth-order valence-corrected chi connectivity index (χ4v) is 4.74. The van der Waals surface area contributed by atoms with Crippen molar-refractivity contribution in [2.24, 2.45) is 7.05 Å². The first kappa shape index (κ1) is 25.2. The van der Waals surface area contributed by atoms with E-state index in [4.69, 9.17) is 0 Å². The summed E-state index contributed by atoms with van der Waals surface area (Å²) in [6.07, 6.45) is 12.3. The summed E-state index contributed by atoms with van der Waals surface area (Å²) in [6.45, 7) is 5.44. The zero-order valence-electron chi connectivity index (χ0n) is 20.8. The summed E-state index contributed by atoms with van der Waals surface area (Å²) >= 11 is 0. The normalized spacial score (nSPS) is 14.6. The summed E-state index contributed by atoms with van der Waals surface area (Å²) in [7, 11) is 3.86. The molecule has 0 atom stereocenters. The molecule has 180 valence electrons. The van der Waals surface area contributed by atoms with E-state index < -0.39 is 0 Å². The number of hydrogen-bond donors (Lipinski definition) is 0. The number of carbonyl (C=O) groups is 1. The number of carbonyl (C=O) groups excluding carboxylic acids is 1. The summed E-state index contributed by atoms with van der Waals surface area (Å²) in [4.78, 5) is 31.0. The van der Waals surface area contributed by atoms with Crippen LogP contribution in [0.1, 0.15) is 74.2 Å². The highest BCUT2D eigenvalue weighted by Gasteiger charge is 2.26. The molecule has 2 aromatic rings. The number of likely N-dealkylation sites (N-methyl/N-ethyl adjacent to an activating group) is 1. The van der Waals surface area contributed by atoms with Gasteiger partial charge < -0.3 is 14.4 Å². The molecule has 0 radical (unpaired) electrons. The highest BCUT2D eigenvalue weighted by Crippen LogP contribution is 2.28. The monoisotopic (exact) mass is 451 g/mol. The molecule has 0 N–H and O–H groups in total. The molecular weight excluding hydrogens is 410 g/mol. The molecule has 1 aliphatic heterocycles. The lowest BCUT2D eigenvalue weighted by atomic mass is 9.92. The van der Waals surface area contributed by atoms with Crippen LogP contribution in [0, 0.1) is 0 Å². The van der Waals surface area contributed by atoms with Gasteiger partial charge in [0.15, 0.2) is 0 Å². The second kappa shape index (κ2) is 12.7. The molecule has 2 heterocycles. The molecule has 0 unspecified atom stereocenters. The van der Waals surface area contributed by atoms with Crippen molar-refractivity contribution < 1.29 is 4.79 Å². The quantitative estimate of drug-likeness (QED) is 0.445.